The molecule has 0 radical (unpaired) electrons. The molecule has 1 saturated heterocycles. The van der Waals surface area contributed by atoms with E-state index in [9.17, 15) is 0 Å². The van der Waals surface area contributed by atoms with Crippen molar-refractivity contribution in [2.24, 2.45) is 0 Å². The molecule has 0 spiro atoms. The number of anilines is 1. The van der Waals surface area contributed by atoms with Gasteiger partial charge in [0.05, 0.1) is 19.5 Å². The highest BCUT2D eigenvalue weighted by molar-refractivity contribution is 5.34. The Labute approximate surface area is 89.3 Å². The molecule has 82 valence electrons. The first-order valence-electron chi connectivity index (χ1n) is 5.22. The molecule has 1 fully saturated rings. The van der Waals surface area contributed by atoms with E-state index in [0.29, 0.717) is 11.9 Å². The fourth-order valence-corrected chi connectivity index (χ4v) is 1.69. The number of rotatable bonds is 3. The van der Waals surface area contributed by atoms with Gasteiger partial charge >= 0.3 is 0 Å². The molecular formula is C10H16N4O. The van der Waals surface area contributed by atoms with Crippen LogP contribution in [0.5, 0.6) is 5.88 Å². The predicted octanol–water partition coefficient (Wildman–Crippen LogP) is 0.649. The van der Waals surface area contributed by atoms with Crippen LogP contribution in [0.15, 0.2) is 12.4 Å². The molecule has 1 aliphatic rings. The molecule has 0 bridgehead atoms. The molecule has 0 saturated carbocycles. The monoisotopic (exact) mass is 208 g/mol. The summed E-state index contributed by atoms with van der Waals surface area (Å²) in [6.07, 6.45) is 5.58. The first-order valence-corrected chi connectivity index (χ1v) is 5.22. The molecule has 5 heteroatoms. The zero-order chi connectivity index (χ0) is 10.5. The van der Waals surface area contributed by atoms with Gasteiger partial charge in [0.25, 0.3) is 0 Å². The van der Waals surface area contributed by atoms with E-state index in [4.69, 9.17) is 4.74 Å². The number of hydrogen-bond donors (Lipinski definition) is 2. The average Bonchev–Trinajstić information content (AvgIpc) is 2.31. The summed E-state index contributed by atoms with van der Waals surface area (Å²) in [6.45, 7) is 2.13. The Hall–Kier alpha value is -1.36. The molecule has 0 aliphatic carbocycles. The summed E-state index contributed by atoms with van der Waals surface area (Å²) in [4.78, 5) is 8.32. The van der Waals surface area contributed by atoms with Crippen molar-refractivity contribution in [3.8, 4) is 5.88 Å². The second-order valence-electron chi connectivity index (χ2n) is 3.62. The van der Waals surface area contributed by atoms with Crippen LogP contribution < -0.4 is 15.4 Å². The van der Waals surface area contributed by atoms with Crippen molar-refractivity contribution in [3.63, 3.8) is 0 Å². The molecule has 0 unspecified atom stereocenters. The molecule has 2 rings (SSSR count). The Morgan fingerprint density at radius 1 is 1.40 bits per heavy atom. The van der Waals surface area contributed by atoms with Crippen LogP contribution >= 0.6 is 0 Å². The van der Waals surface area contributed by atoms with Crippen molar-refractivity contribution in [3.05, 3.63) is 12.4 Å². The molecule has 5 nitrogen and oxygen atoms in total. The standard InChI is InChI=1S/C10H16N4O/c1-15-10-7-12-6-9(14-10)13-8-2-4-11-5-3-8/h6-8,11H,2-5H2,1H3,(H,13,14). The smallest absolute Gasteiger partial charge is 0.233 e. The lowest BCUT2D eigenvalue weighted by Crippen LogP contribution is -2.35. The third kappa shape index (κ3) is 2.79. The number of piperidine rings is 1. The molecule has 2 heterocycles. The van der Waals surface area contributed by atoms with Crippen LogP contribution in [0.4, 0.5) is 5.82 Å². The van der Waals surface area contributed by atoms with Gasteiger partial charge in [-0.15, -0.1) is 0 Å². The Kier molecular flexibility index (Phi) is 3.34. The van der Waals surface area contributed by atoms with Crippen LogP contribution in [0.25, 0.3) is 0 Å². The van der Waals surface area contributed by atoms with E-state index in [1.165, 1.54) is 0 Å². The lowest BCUT2D eigenvalue weighted by Gasteiger charge is -2.23. The number of aromatic nitrogens is 2. The summed E-state index contributed by atoms with van der Waals surface area (Å²) in [5, 5.41) is 6.68. The number of hydrogen-bond acceptors (Lipinski definition) is 5. The summed E-state index contributed by atoms with van der Waals surface area (Å²) >= 11 is 0. The van der Waals surface area contributed by atoms with E-state index < -0.39 is 0 Å². The maximum absolute atomic E-state index is 5.02. The maximum Gasteiger partial charge on any atom is 0.233 e. The van der Waals surface area contributed by atoms with E-state index in [1.807, 2.05) is 0 Å². The maximum atomic E-state index is 5.02. The molecule has 2 N–H and O–H groups in total. The van der Waals surface area contributed by atoms with Crippen LogP contribution in [-0.2, 0) is 0 Å². The summed E-state index contributed by atoms with van der Waals surface area (Å²) < 4.78 is 5.02. The highest BCUT2D eigenvalue weighted by atomic mass is 16.5. The minimum absolute atomic E-state index is 0.493. The first kappa shape index (κ1) is 10.2. The zero-order valence-electron chi connectivity index (χ0n) is 8.86. The molecule has 1 aromatic rings. The molecule has 1 aliphatic heterocycles. The second kappa shape index (κ2) is 4.93. The number of nitrogens with zero attached hydrogens (tertiary/aromatic N) is 2. The van der Waals surface area contributed by atoms with Gasteiger partial charge in [0.15, 0.2) is 0 Å². The predicted molar refractivity (Wildman–Crippen MR) is 58.1 cm³/mol. The minimum Gasteiger partial charge on any atom is -0.480 e. The third-order valence-electron chi connectivity index (χ3n) is 2.51. The van der Waals surface area contributed by atoms with Gasteiger partial charge in [0.1, 0.15) is 5.82 Å². The van der Waals surface area contributed by atoms with Gasteiger partial charge in [-0.05, 0) is 25.9 Å². The molecule has 0 amide bonds. The Morgan fingerprint density at radius 2 is 2.20 bits per heavy atom. The van der Waals surface area contributed by atoms with Gasteiger partial charge in [0.2, 0.25) is 5.88 Å². The Morgan fingerprint density at radius 3 is 2.93 bits per heavy atom. The van der Waals surface area contributed by atoms with Gasteiger partial charge in [-0.25, -0.2) is 0 Å². The number of nitrogens with one attached hydrogen (secondary N) is 2. The molecule has 0 atom stereocenters. The Balaban J connectivity index is 1.96. The average molecular weight is 208 g/mol. The second-order valence-corrected chi connectivity index (χ2v) is 3.62. The fourth-order valence-electron chi connectivity index (χ4n) is 1.69. The van der Waals surface area contributed by atoms with Gasteiger partial charge in [-0.1, -0.05) is 0 Å². The highest BCUT2D eigenvalue weighted by Crippen LogP contribution is 2.12. The summed E-state index contributed by atoms with van der Waals surface area (Å²) in [6, 6.07) is 0.493. The molecular weight excluding hydrogens is 192 g/mol. The zero-order valence-corrected chi connectivity index (χ0v) is 8.86. The lowest BCUT2D eigenvalue weighted by molar-refractivity contribution is 0.395. The van der Waals surface area contributed by atoms with E-state index in [-0.39, 0.29) is 0 Å². The number of ether oxygens (including phenoxy) is 1. The summed E-state index contributed by atoms with van der Waals surface area (Å²) in [5.41, 5.74) is 0. The van der Waals surface area contributed by atoms with Crippen LogP contribution in [0.2, 0.25) is 0 Å². The van der Waals surface area contributed by atoms with Crippen molar-refractivity contribution < 1.29 is 4.74 Å². The Bertz CT molecular complexity index is 312. The molecule has 0 aromatic carbocycles. The number of methoxy groups -OCH3 is 1. The van der Waals surface area contributed by atoms with E-state index in [0.717, 1.165) is 31.7 Å². The topological polar surface area (TPSA) is 59.1 Å². The van der Waals surface area contributed by atoms with E-state index in [1.54, 1.807) is 19.5 Å². The fraction of sp³-hybridized carbons (Fsp3) is 0.600. The normalized spacial score (nSPS) is 17.4. The quantitative estimate of drug-likeness (QED) is 0.763. The van der Waals surface area contributed by atoms with Crippen LogP contribution in [0.1, 0.15) is 12.8 Å². The minimum atomic E-state index is 0.493. The summed E-state index contributed by atoms with van der Waals surface area (Å²) in [7, 11) is 1.60. The van der Waals surface area contributed by atoms with Gasteiger partial charge < -0.3 is 15.4 Å². The van der Waals surface area contributed by atoms with Crippen LogP contribution in [0.3, 0.4) is 0 Å². The van der Waals surface area contributed by atoms with Crippen LogP contribution in [-0.4, -0.2) is 36.2 Å². The van der Waals surface area contributed by atoms with Crippen molar-refractivity contribution in [2.45, 2.75) is 18.9 Å². The third-order valence-corrected chi connectivity index (χ3v) is 2.51. The summed E-state index contributed by atoms with van der Waals surface area (Å²) in [5.74, 6) is 1.34. The van der Waals surface area contributed by atoms with E-state index >= 15 is 0 Å². The van der Waals surface area contributed by atoms with Gasteiger partial charge in [-0.2, -0.15) is 4.98 Å². The highest BCUT2D eigenvalue weighted by Gasteiger charge is 2.13. The lowest BCUT2D eigenvalue weighted by atomic mass is 10.1. The van der Waals surface area contributed by atoms with Gasteiger partial charge in [0, 0.05) is 6.04 Å². The van der Waals surface area contributed by atoms with E-state index in [2.05, 4.69) is 20.6 Å². The first-order chi connectivity index (χ1) is 7.38. The molecule has 15 heavy (non-hydrogen) atoms. The van der Waals surface area contributed by atoms with Crippen molar-refractivity contribution in [1.82, 2.24) is 15.3 Å². The van der Waals surface area contributed by atoms with Crippen molar-refractivity contribution in [1.29, 1.82) is 0 Å². The largest absolute Gasteiger partial charge is 0.480 e. The van der Waals surface area contributed by atoms with Crippen molar-refractivity contribution >= 4 is 5.82 Å². The van der Waals surface area contributed by atoms with Gasteiger partial charge in [-0.3, -0.25) is 4.98 Å². The SMILES string of the molecule is COc1cncc(NC2CCNCC2)n1. The van der Waals surface area contributed by atoms with Crippen LogP contribution in [0, 0.1) is 0 Å². The van der Waals surface area contributed by atoms with Crippen molar-refractivity contribution in [2.75, 3.05) is 25.5 Å². The molecule has 1 aromatic heterocycles.